The van der Waals surface area contributed by atoms with Crippen molar-refractivity contribution in [3.8, 4) is 23.3 Å². The Kier molecular flexibility index (Phi) is 15.2. The third kappa shape index (κ3) is 11.6. The average Bonchev–Trinajstić information content (AvgIpc) is 3.27. The number of carbonyl (C=O) groups excluding carboxylic acids is 1. The summed E-state index contributed by atoms with van der Waals surface area (Å²) in [5.74, 6) is 6.36. The number of nitrogens with one attached hydrogen (secondary N) is 3. The number of aliphatic hydroxyl groups is 4. The second-order valence-corrected chi connectivity index (χ2v) is 20.7. The molecule has 4 heterocycles. The number of esters is 1. The molecular formula is C54H73N5O8. The molecule has 13 nitrogen and oxygen atoms in total. The highest BCUT2D eigenvalue weighted by atomic mass is 16.5. The minimum Gasteiger partial charge on any atom is -0.504 e. The number of aliphatic hydroxyl groups excluding tert-OH is 3. The molecule has 3 aromatic rings. The number of guanidine groups is 1. The second kappa shape index (κ2) is 20.9. The van der Waals surface area contributed by atoms with Crippen LogP contribution in [-0.2, 0) is 28.8 Å². The molecule has 67 heavy (non-hydrogen) atoms. The lowest BCUT2D eigenvalue weighted by Gasteiger charge is -2.52. The number of rotatable bonds is 5. The molecule has 0 radical (unpaired) electrons. The van der Waals surface area contributed by atoms with E-state index in [2.05, 4.69) is 84.1 Å². The Morgan fingerprint density at radius 3 is 2.58 bits per heavy atom. The molecule has 2 aliphatic carbocycles. The molecule has 362 valence electrons. The molecule has 1 saturated heterocycles. The zero-order valence-electron chi connectivity index (χ0n) is 39.8. The van der Waals surface area contributed by atoms with E-state index in [1.807, 2.05) is 0 Å². The van der Waals surface area contributed by atoms with Crippen molar-refractivity contribution in [2.24, 2.45) is 33.9 Å². The fourth-order valence-corrected chi connectivity index (χ4v) is 12.2. The van der Waals surface area contributed by atoms with Gasteiger partial charge in [-0.1, -0.05) is 65.4 Å². The Morgan fingerprint density at radius 2 is 1.82 bits per heavy atom. The van der Waals surface area contributed by atoms with Crippen LogP contribution in [-0.4, -0.2) is 99.6 Å². The maximum atomic E-state index is 13.0. The van der Waals surface area contributed by atoms with Gasteiger partial charge in [0.05, 0.1) is 24.2 Å². The van der Waals surface area contributed by atoms with Crippen LogP contribution in [0.2, 0.25) is 0 Å². The van der Waals surface area contributed by atoms with E-state index in [1.165, 1.54) is 40.8 Å². The molecule has 10 bridgehead atoms. The number of ether oxygens (including phenoxy) is 2. The first-order chi connectivity index (χ1) is 32.1. The van der Waals surface area contributed by atoms with E-state index in [0.29, 0.717) is 37.9 Å². The van der Waals surface area contributed by atoms with E-state index < -0.39 is 47.8 Å². The van der Waals surface area contributed by atoms with Crippen molar-refractivity contribution in [1.29, 1.82) is 0 Å². The SMILES string of the molecule is CC(=O)O[C@H]1C[C@@H](O)CC[C@@]2([C@H](C)O)C#C[C@H]3C[C@@H]4CC[C@H](NCCc5cccc(c5)[C@H](Cc5cc(C)cc(C)c5)CNC(N)=NC2)[C@]2(C4)C[C@H](CCN2)Oc2cc(c(C(O)O)cc2O)C[C@H]13. The number of aryl methyl sites for hydroxylation is 2. The third-order valence-corrected chi connectivity index (χ3v) is 15.7. The lowest BCUT2D eigenvalue weighted by molar-refractivity contribution is -0.152. The predicted octanol–water partition coefficient (Wildman–Crippen LogP) is 5.13. The molecule has 1 saturated carbocycles. The van der Waals surface area contributed by atoms with Crippen LogP contribution in [0.1, 0.15) is 123 Å². The minimum atomic E-state index is -1.91. The molecule has 11 atom stereocenters. The Hall–Kier alpha value is -4.68. The summed E-state index contributed by atoms with van der Waals surface area (Å²) >= 11 is 0. The van der Waals surface area contributed by atoms with Crippen molar-refractivity contribution in [2.75, 3.05) is 26.2 Å². The Bertz CT molecular complexity index is 2310. The largest absolute Gasteiger partial charge is 0.504 e. The predicted molar refractivity (Wildman–Crippen MR) is 258 cm³/mol. The number of hydrogen-bond acceptors (Lipinski definition) is 13. The number of phenolic OH excluding ortho intramolecular Hbond substituents is 1. The number of aromatic hydroxyl groups is 1. The van der Waals surface area contributed by atoms with Crippen molar-refractivity contribution in [2.45, 2.75) is 153 Å². The first kappa shape index (κ1) is 48.8. The van der Waals surface area contributed by atoms with Gasteiger partial charge in [-0.25, -0.2) is 0 Å². The number of fused-ring (bicyclic) bond motifs is 10. The standard InChI is InChI=1S/C54H73N5O8/c1-32-18-33(2)20-38(19-32)23-42-30-57-52(55)58-31-53(34(3)60)14-10-40-22-37-8-9-50(56-16-12-36-6-5-7-39(42)21-36)54(28-37)29-44(13-17-59-54)67-49-25-41(46(51(64)65)27-47(49)63)24-45(40)48(66-35(4)61)26-43(62)11-15-53/h5-7,18-21,25,27,34,37,40,42-45,48,50-51,56,59-60,62-65H,8-9,11-13,15-17,22-24,26,28-31H2,1-4H3,(H3,55,57,58)/t34-,37-,40-,42+,43-,44-,45-,48-,50-,53-,54-/m0/s1. The van der Waals surface area contributed by atoms with E-state index in [0.717, 1.165) is 45.1 Å². The lowest BCUT2D eigenvalue weighted by atomic mass is 9.64. The molecule has 6 aliphatic rings. The van der Waals surface area contributed by atoms with Crippen molar-refractivity contribution >= 4 is 11.9 Å². The number of piperidine rings is 1. The number of aliphatic imine (C=N–C) groups is 1. The third-order valence-electron chi connectivity index (χ3n) is 15.7. The van der Waals surface area contributed by atoms with Gasteiger partial charge in [0.15, 0.2) is 23.7 Å². The number of benzene rings is 3. The van der Waals surface area contributed by atoms with E-state index in [-0.39, 0.29) is 78.3 Å². The number of nitrogens with two attached hydrogens (primary N) is 1. The fourth-order valence-electron chi connectivity index (χ4n) is 12.2. The van der Waals surface area contributed by atoms with Gasteiger partial charge >= 0.3 is 5.97 Å². The molecule has 0 aromatic heterocycles. The maximum absolute atomic E-state index is 13.0. The van der Waals surface area contributed by atoms with Gasteiger partial charge in [-0.15, -0.1) is 0 Å². The van der Waals surface area contributed by atoms with Crippen LogP contribution in [0.15, 0.2) is 59.6 Å². The van der Waals surface area contributed by atoms with Gasteiger partial charge in [0, 0.05) is 61.2 Å². The summed E-state index contributed by atoms with van der Waals surface area (Å²) in [6, 6.07) is 18.7. The average molecular weight is 920 g/mol. The highest BCUT2D eigenvalue weighted by molar-refractivity contribution is 5.78. The summed E-state index contributed by atoms with van der Waals surface area (Å²) in [5, 5.41) is 68.0. The summed E-state index contributed by atoms with van der Waals surface area (Å²) in [5.41, 5.74) is 12.1. The normalized spacial score (nSPS) is 31.9. The van der Waals surface area contributed by atoms with Gasteiger partial charge in [0.25, 0.3) is 0 Å². The lowest BCUT2D eigenvalue weighted by Crippen LogP contribution is -2.66. The molecule has 0 amide bonds. The molecule has 2 fully saturated rings. The zero-order valence-corrected chi connectivity index (χ0v) is 39.8. The van der Waals surface area contributed by atoms with Crippen LogP contribution in [0.4, 0.5) is 0 Å². The molecule has 4 aliphatic heterocycles. The number of phenols is 1. The van der Waals surface area contributed by atoms with Gasteiger partial charge in [-0.2, -0.15) is 0 Å². The van der Waals surface area contributed by atoms with Crippen LogP contribution >= 0.6 is 0 Å². The maximum Gasteiger partial charge on any atom is 0.302 e. The molecule has 9 rings (SSSR count). The van der Waals surface area contributed by atoms with Crippen molar-refractivity contribution in [3.63, 3.8) is 0 Å². The van der Waals surface area contributed by atoms with Gasteiger partial charge < -0.3 is 56.7 Å². The van der Waals surface area contributed by atoms with Crippen LogP contribution in [0.25, 0.3) is 0 Å². The number of carbonyl (C=O) groups is 1. The van der Waals surface area contributed by atoms with Crippen molar-refractivity contribution < 1.29 is 39.8 Å². The van der Waals surface area contributed by atoms with Crippen molar-refractivity contribution in [1.82, 2.24) is 16.0 Å². The minimum absolute atomic E-state index is 0.0705. The van der Waals surface area contributed by atoms with Crippen LogP contribution in [0.3, 0.4) is 0 Å². The molecule has 0 unspecified atom stereocenters. The highest BCUT2D eigenvalue weighted by Crippen LogP contribution is 2.46. The first-order valence-electron chi connectivity index (χ1n) is 24.7. The van der Waals surface area contributed by atoms with Gasteiger partial charge in [0.1, 0.15) is 12.2 Å². The Labute approximate surface area is 396 Å². The molecular weight excluding hydrogens is 847 g/mol. The summed E-state index contributed by atoms with van der Waals surface area (Å²) in [6.45, 7) is 9.44. The van der Waals surface area contributed by atoms with Gasteiger partial charge in [-0.3, -0.25) is 9.79 Å². The smallest absolute Gasteiger partial charge is 0.302 e. The zero-order chi connectivity index (χ0) is 47.5. The topological polar surface area (TPSA) is 211 Å². The van der Waals surface area contributed by atoms with Crippen LogP contribution < -0.4 is 26.4 Å². The first-order valence-corrected chi connectivity index (χ1v) is 24.7. The Balaban J connectivity index is 1.27. The molecule has 10 N–H and O–H groups in total. The summed E-state index contributed by atoms with van der Waals surface area (Å²) in [7, 11) is 0. The van der Waals surface area contributed by atoms with E-state index >= 15 is 0 Å². The van der Waals surface area contributed by atoms with E-state index in [1.54, 1.807) is 13.0 Å². The van der Waals surface area contributed by atoms with Crippen LogP contribution in [0, 0.1) is 48.9 Å². The van der Waals surface area contributed by atoms with Crippen molar-refractivity contribution in [3.05, 3.63) is 93.5 Å². The van der Waals surface area contributed by atoms with E-state index in [4.69, 9.17) is 20.2 Å². The summed E-state index contributed by atoms with van der Waals surface area (Å²) in [6.07, 6.45) is 2.34. The summed E-state index contributed by atoms with van der Waals surface area (Å²) in [4.78, 5) is 17.9. The molecule has 1 spiro atoms. The molecule has 13 heteroatoms. The summed E-state index contributed by atoms with van der Waals surface area (Å²) < 4.78 is 12.9. The van der Waals surface area contributed by atoms with Gasteiger partial charge in [-0.05, 0) is 138 Å². The second-order valence-electron chi connectivity index (χ2n) is 20.7. The fraction of sp³-hybridized carbons (Fsp3) is 0.593. The Morgan fingerprint density at radius 1 is 1.01 bits per heavy atom. The van der Waals surface area contributed by atoms with Gasteiger partial charge in [0.2, 0.25) is 0 Å². The highest BCUT2D eigenvalue weighted by Gasteiger charge is 2.49. The van der Waals surface area contributed by atoms with E-state index in [9.17, 15) is 30.3 Å². The monoisotopic (exact) mass is 920 g/mol. The van der Waals surface area contributed by atoms with Crippen LogP contribution in [0.5, 0.6) is 11.5 Å². The number of nitrogens with zero attached hydrogens (tertiary/aromatic N) is 1. The quantitative estimate of drug-likeness (QED) is 0.0927. The molecule has 3 aromatic carbocycles. The number of hydrogen-bond donors (Lipinski definition) is 9.